The highest BCUT2D eigenvalue weighted by Gasteiger charge is 2.15. The maximum absolute atomic E-state index is 11.9. The lowest BCUT2D eigenvalue weighted by Gasteiger charge is -2.19. The summed E-state index contributed by atoms with van der Waals surface area (Å²) < 4.78 is 0.730. The summed E-state index contributed by atoms with van der Waals surface area (Å²) in [6, 6.07) is 5.27. The zero-order valence-corrected chi connectivity index (χ0v) is 13.6. The van der Waals surface area contributed by atoms with E-state index in [0.717, 1.165) is 9.80 Å². The van der Waals surface area contributed by atoms with E-state index < -0.39 is 0 Å². The summed E-state index contributed by atoms with van der Waals surface area (Å²) >= 11 is 12.6. The van der Waals surface area contributed by atoms with Crippen LogP contribution in [0.1, 0.15) is 24.2 Å². The number of hydrogen-bond donors (Lipinski definition) is 1. The Bertz CT molecular complexity index is 411. The summed E-state index contributed by atoms with van der Waals surface area (Å²) in [4.78, 5) is 11.9. The molecule has 0 saturated carbocycles. The molecule has 1 amide bonds. The Balaban J connectivity index is 2.73. The highest BCUT2D eigenvalue weighted by Crippen LogP contribution is 2.23. The van der Waals surface area contributed by atoms with Crippen molar-refractivity contribution in [2.75, 3.05) is 5.33 Å². The number of benzene rings is 1. The standard InChI is InChI=1S/C12H14Br2ClNO/c1-7(6-13)8(2)16-12(17)9-3-4-11(15)10(14)5-9/h3-5,7-8H,6H2,1-2H3,(H,16,17). The molecule has 0 heterocycles. The molecule has 0 bridgehead atoms. The molecule has 2 atom stereocenters. The van der Waals surface area contributed by atoms with Crippen molar-refractivity contribution in [2.24, 2.45) is 5.92 Å². The molecule has 0 aliphatic rings. The Morgan fingerprint density at radius 3 is 2.65 bits per heavy atom. The summed E-state index contributed by atoms with van der Waals surface area (Å²) in [6.45, 7) is 4.08. The third kappa shape index (κ3) is 4.27. The van der Waals surface area contributed by atoms with Gasteiger partial charge in [0, 0.05) is 21.4 Å². The normalized spacial score (nSPS) is 14.2. The van der Waals surface area contributed by atoms with Gasteiger partial charge in [-0.3, -0.25) is 4.79 Å². The van der Waals surface area contributed by atoms with Crippen LogP contribution in [-0.4, -0.2) is 17.3 Å². The van der Waals surface area contributed by atoms with Crippen molar-refractivity contribution >= 4 is 49.4 Å². The van der Waals surface area contributed by atoms with Gasteiger partial charge in [0.2, 0.25) is 0 Å². The highest BCUT2D eigenvalue weighted by molar-refractivity contribution is 9.10. The molecule has 0 aromatic heterocycles. The predicted molar refractivity (Wildman–Crippen MR) is 79.0 cm³/mol. The Morgan fingerprint density at radius 2 is 2.12 bits per heavy atom. The fourth-order valence-corrected chi connectivity index (χ4v) is 2.26. The van der Waals surface area contributed by atoms with Crippen molar-refractivity contribution in [1.29, 1.82) is 0 Å². The maximum Gasteiger partial charge on any atom is 0.251 e. The third-order valence-electron chi connectivity index (χ3n) is 2.64. The smallest absolute Gasteiger partial charge is 0.251 e. The first kappa shape index (κ1) is 15.0. The Kier molecular flexibility index (Phi) is 5.97. The van der Waals surface area contributed by atoms with Crippen LogP contribution in [0.5, 0.6) is 0 Å². The molecule has 1 aromatic carbocycles. The molecular formula is C12H14Br2ClNO. The van der Waals surface area contributed by atoms with Crippen molar-refractivity contribution in [3.05, 3.63) is 33.3 Å². The highest BCUT2D eigenvalue weighted by atomic mass is 79.9. The van der Waals surface area contributed by atoms with Gasteiger partial charge in [-0.15, -0.1) is 0 Å². The van der Waals surface area contributed by atoms with Crippen molar-refractivity contribution in [3.63, 3.8) is 0 Å². The second kappa shape index (κ2) is 6.76. The summed E-state index contributed by atoms with van der Waals surface area (Å²) in [5, 5.41) is 4.42. The van der Waals surface area contributed by atoms with Crippen molar-refractivity contribution in [2.45, 2.75) is 19.9 Å². The van der Waals surface area contributed by atoms with E-state index >= 15 is 0 Å². The molecule has 2 unspecified atom stereocenters. The van der Waals surface area contributed by atoms with Gasteiger partial charge in [0.05, 0.1) is 5.02 Å². The van der Waals surface area contributed by atoms with Crippen LogP contribution in [0.2, 0.25) is 5.02 Å². The minimum Gasteiger partial charge on any atom is -0.349 e. The molecule has 0 aliphatic heterocycles. The van der Waals surface area contributed by atoms with Crippen LogP contribution in [-0.2, 0) is 0 Å². The van der Waals surface area contributed by atoms with Gasteiger partial charge in [0.25, 0.3) is 5.91 Å². The number of hydrogen-bond acceptors (Lipinski definition) is 1. The van der Waals surface area contributed by atoms with Gasteiger partial charge in [-0.05, 0) is 47.0 Å². The summed E-state index contributed by atoms with van der Waals surface area (Å²) in [5.74, 6) is 0.303. The molecule has 0 aliphatic carbocycles. The minimum absolute atomic E-state index is 0.0809. The first-order chi connectivity index (χ1) is 7.95. The maximum atomic E-state index is 11.9. The number of carbonyl (C=O) groups excluding carboxylic acids is 1. The van der Waals surface area contributed by atoms with E-state index in [4.69, 9.17) is 11.6 Å². The van der Waals surface area contributed by atoms with E-state index in [0.29, 0.717) is 16.5 Å². The Labute approximate surface area is 123 Å². The molecular weight excluding hydrogens is 369 g/mol. The van der Waals surface area contributed by atoms with Gasteiger partial charge in [0.15, 0.2) is 0 Å². The summed E-state index contributed by atoms with van der Waals surface area (Å²) in [5.41, 5.74) is 0.606. The van der Waals surface area contributed by atoms with Gasteiger partial charge in [-0.2, -0.15) is 0 Å². The average Bonchev–Trinajstić information content (AvgIpc) is 2.31. The van der Waals surface area contributed by atoms with E-state index in [1.165, 1.54) is 0 Å². The first-order valence-electron chi connectivity index (χ1n) is 5.27. The fourth-order valence-electron chi connectivity index (χ4n) is 1.20. The zero-order valence-electron chi connectivity index (χ0n) is 9.64. The van der Waals surface area contributed by atoms with Crippen molar-refractivity contribution < 1.29 is 4.79 Å². The van der Waals surface area contributed by atoms with Crippen LogP contribution in [0.25, 0.3) is 0 Å². The van der Waals surface area contributed by atoms with Crippen LogP contribution in [0.15, 0.2) is 22.7 Å². The summed E-state index contributed by atoms with van der Waals surface area (Å²) in [7, 11) is 0. The lowest BCUT2D eigenvalue weighted by molar-refractivity contribution is 0.0931. The molecule has 94 valence electrons. The van der Waals surface area contributed by atoms with Gasteiger partial charge in [-0.1, -0.05) is 34.5 Å². The molecule has 1 rings (SSSR count). The first-order valence-corrected chi connectivity index (χ1v) is 7.56. The van der Waals surface area contributed by atoms with E-state index in [2.05, 4.69) is 44.1 Å². The lowest BCUT2D eigenvalue weighted by Crippen LogP contribution is -2.37. The number of amides is 1. The van der Waals surface area contributed by atoms with Crippen LogP contribution in [0.4, 0.5) is 0 Å². The van der Waals surface area contributed by atoms with E-state index in [1.807, 2.05) is 6.92 Å². The number of rotatable bonds is 4. The van der Waals surface area contributed by atoms with Gasteiger partial charge in [-0.25, -0.2) is 0 Å². The summed E-state index contributed by atoms with van der Waals surface area (Å²) in [6.07, 6.45) is 0. The minimum atomic E-state index is -0.0809. The monoisotopic (exact) mass is 381 g/mol. The molecule has 2 nitrogen and oxygen atoms in total. The van der Waals surface area contributed by atoms with Gasteiger partial charge < -0.3 is 5.32 Å². The van der Waals surface area contributed by atoms with Crippen molar-refractivity contribution in [3.8, 4) is 0 Å². The number of alkyl halides is 1. The predicted octanol–water partition coefficient (Wildman–Crippen LogP) is 4.25. The zero-order chi connectivity index (χ0) is 13.0. The van der Waals surface area contributed by atoms with Gasteiger partial charge >= 0.3 is 0 Å². The number of halogens is 3. The SMILES string of the molecule is CC(CBr)C(C)NC(=O)c1ccc(Cl)c(Br)c1. The van der Waals surface area contributed by atoms with E-state index in [-0.39, 0.29) is 11.9 Å². The molecule has 1 aromatic rings. The quantitative estimate of drug-likeness (QED) is 0.774. The van der Waals surface area contributed by atoms with Crippen molar-refractivity contribution in [1.82, 2.24) is 5.32 Å². The molecule has 0 spiro atoms. The largest absolute Gasteiger partial charge is 0.349 e. The van der Waals surface area contributed by atoms with Crippen LogP contribution in [0, 0.1) is 5.92 Å². The van der Waals surface area contributed by atoms with Crippen LogP contribution < -0.4 is 5.32 Å². The Hall–Kier alpha value is -0.0600. The van der Waals surface area contributed by atoms with Crippen LogP contribution in [0.3, 0.4) is 0 Å². The fraction of sp³-hybridized carbons (Fsp3) is 0.417. The molecule has 17 heavy (non-hydrogen) atoms. The van der Waals surface area contributed by atoms with E-state index in [9.17, 15) is 4.79 Å². The number of carbonyl (C=O) groups is 1. The molecule has 0 saturated heterocycles. The Morgan fingerprint density at radius 1 is 1.47 bits per heavy atom. The molecule has 1 N–H and O–H groups in total. The second-order valence-electron chi connectivity index (χ2n) is 4.02. The van der Waals surface area contributed by atoms with Crippen LogP contribution >= 0.6 is 43.5 Å². The van der Waals surface area contributed by atoms with E-state index in [1.54, 1.807) is 18.2 Å². The van der Waals surface area contributed by atoms with Gasteiger partial charge in [0.1, 0.15) is 0 Å². The number of nitrogens with one attached hydrogen (secondary N) is 1. The lowest BCUT2D eigenvalue weighted by atomic mass is 10.1. The topological polar surface area (TPSA) is 29.1 Å². The molecule has 0 radical (unpaired) electrons. The molecule has 0 fully saturated rings. The third-order valence-corrected chi connectivity index (χ3v) is 4.87. The second-order valence-corrected chi connectivity index (χ2v) is 5.93. The average molecular weight is 384 g/mol. The molecule has 5 heteroatoms.